The first-order valence-corrected chi connectivity index (χ1v) is 10.3. The topological polar surface area (TPSA) is 98.2 Å². The Morgan fingerprint density at radius 1 is 1.06 bits per heavy atom. The highest BCUT2D eigenvalue weighted by molar-refractivity contribution is 5.97. The maximum absolute atomic E-state index is 13.0. The summed E-state index contributed by atoms with van der Waals surface area (Å²) in [7, 11) is 0. The van der Waals surface area contributed by atoms with E-state index in [1.54, 1.807) is 37.5 Å². The number of amides is 1. The number of primary amides is 1. The molecule has 2 heterocycles. The Bertz CT molecular complexity index is 1360. The average Bonchev–Trinajstić information content (AvgIpc) is 3.26. The molecule has 9 heteroatoms. The van der Waals surface area contributed by atoms with Gasteiger partial charge in [0.05, 0.1) is 17.5 Å². The van der Waals surface area contributed by atoms with Gasteiger partial charge < -0.3 is 15.5 Å². The molecular weight excluding hydrogens is 447 g/mol. The molecule has 0 radical (unpaired) electrons. The summed E-state index contributed by atoms with van der Waals surface area (Å²) in [5.74, 6) is -0.961. The fraction of sp³-hybridized carbons (Fsp3) is 0.160. The number of halogens is 3. The van der Waals surface area contributed by atoms with E-state index in [0.29, 0.717) is 28.1 Å². The second-order valence-corrected chi connectivity index (χ2v) is 7.86. The molecule has 34 heavy (non-hydrogen) atoms. The molecular formula is C25H20F3N3O3. The number of hydrogen-bond acceptors (Lipinski definition) is 5. The number of nitrogens with one attached hydrogen (secondary N) is 1. The minimum Gasteiger partial charge on any atom is -0.464 e. The number of furan rings is 1. The Balaban J connectivity index is 1.67. The molecule has 4 rings (SSSR count). The number of pyridine rings is 1. The van der Waals surface area contributed by atoms with Crippen LogP contribution in [0.2, 0.25) is 0 Å². The summed E-state index contributed by atoms with van der Waals surface area (Å²) in [5, 5.41) is 3.80. The summed E-state index contributed by atoms with van der Waals surface area (Å²) in [6, 6.07) is 14.1. The van der Waals surface area contributed by atoms with Gasteiger partial charge in [-0.15, -0.1) is 0 Å². The van der Waals surface area contributed by atoms with Gasteiger partial charge in [0.1, 0.15) is 17.3 Å². The van der Waals surface area contributed by atoms with Crippen LogP contribution in [-0.2, 0) is 17.4 Å². The highest BCUT2D eigenvalue weighted by atomic mass is 19.4. The van der Waals surface area contributed by atoms with E-state index in [1.807, 2.05) is 6.07 Å². The van der Waals surface area contributed by atoms with Gasteiger partial charge in [0.2, 0.25) is 5.91 Å². The Morgan fingerprint density at radius 2 is 1.79 bits per heavy atom. The Hall–Kier alpha value is -4.14. The smallest absolute Gasteiger partial charge is 0.416 e. The molecule has 3 N–H and O–H groups in total. The van der Waals surface area contributed by atoms with E-state index in [9.17, 15) is 22.8 Å². The van der Waals surface area contributed by atoms with E-state index in [4.69, 9.17) is 10.2 Å². The van der Waals surface area contributed by atoms with Crippen molar-refractivity contribution >= 4 is 28.3 Å². The van der Waals surface area contributed by atoms with Crippen molar-refractivity contribution in [1.29, 1.82) is 0 Å². The first kappa shape index (κ1) is 23.0. The minimum atomic E-state index is -4.45. The standard InChI is InChI=1S/C25H20F3N3O3/c1-14(24(29)33)30-19-12-20(16-4-7-23-17(11-16)8-9-34-23)31-21(13-19)22(32)10-15-2-5-18(6-3-15)25(26,27)28/h2-9,11-14H,10H2,1H3,(H2,29,33)(H,30,31)/t14-/m0/s1. The Kier molecular flexibility index (Phi) is 6.10. The highest BCUT2D eigenvalue weighted by Crippen LogP contribution is 2.30. The number of aromatic nitrogens is 1. The monoisotopic (exact) mass is 467 g/mol. The zero-order valence-electron chi connectivity index (χ0n) is 18.0. The maximum atomic E-state index is 13.0. The zero-order valence-corrected chi connectivity index (χ0v) is 18.0. The van der Waals surface area contributed by atoms with Crippen molar-refractivity contribution in [1.82, 2.24) is 4.98 Å². The lowest BCUT2D eigenvalue weighted by Gasteiger charge is -2.14. The van der Waals surface area contributed by atoms with E-state index in [0.717, 1.165) is 17.5 Å². The minimum absolute atomic E-state index is 0.101. The van der Waals surface area contributed by atoms with Crippen LogP contribution in [0.3, 0.4) is 0 Å². The number of Topliss-reactive ketones (excluding diaryl/α,β-unsaturated/α-hetero) is 1. The van der Waals surface area contributed by atoms with Crippen molar-refractivity contribution in [2.45, 2.75) is 25.6 Å². The largest absolute Gasteiger partial charge is 0.464 e. The van der Waals surface area contributed by atoms with Crippen LogP contribution < -0.4 is 11.1 Å². The van der Waals surface area contributed by atoms with Gasteiger partial charge in [0, 0.05) is 23.1 Å². The molecule has 174 valence electrons. The lowest BCUT2D eigenvalue weighted by Crippen LogP contribution is -2.32. The number of carbonyl (C=O) groups excluding carboxylic acids is 2. The number of nitrogens with two attached hydrogens (primary N) is 1. The van der Waals surface area contributed by atoms with Crippen LogP contribution in [0.15, 0.2) is 71.3 Å². The fourth-order valence-corrected chi connectivity index (χ4v) is 3.44. The summed E-state index contributed by atoms with van der Waals surface area (Å²) in [5.41, 5.74) is 7.43. The quantitative estimate of drug-likeness (QED) is 0.363. The molecule has 0 bridgehead atoms. The number of alkyl halides is 3. The van der Waals surface area contributed by atoms with Crippen LogP contribution >= 0.6 is 0 Å². The summed E-state index contributed by atoms with van der Waals surface area (Å²) in [4.78, 5) is 29.0. The molecule has 0 spiro atoms. The van der Waals surface area contributed by atoms with Crippen LogP contribution in [0.25, 0.3) is 22.2 Å². The third kappa shape index (κ3) is 5.09. The van der Waals surface area contributed by atoms with E-state index < -0.39 is 23.7 Å². The molecule has 2 aromatic carbocycles. The number of ketones is 1. The van der Waals surface area contributed by atoms with Gasteiger partial charge in [0.25, 0.3) is 0 Å². The predicted octanol–water partition coefficient (Wildman–Crippen LogP) is 5.22. The van der Waals surface area contributed by atoms with E-state index >= 15 is 0 Å². The predicted molar refractivity (Wildman–Crippen MR) is 121 cm³/mol. The second-order valence-electron chi connectivity index (χ2n) is 7.86. The van der Waals surface area contributed by atoms with Gasteiger partial charge in [-0.05, 0) is 61.0 Å². The van der Waals surface area contributed by atoms with Crippen molar-refractivity contribution < 1.29 is 27.2 Å². The molecule has 0 saturated carbocycles. The van der Waals surface area contributed by atoms with Crippen LogP contribution in [0, 0.1) is 0 Å². The van der Waals surface area contributed by atoms with Crippen molar-refractivity contribution in [3.63, 3.8) is 0 Å². The first-order valence-electron chi connectivity index (χ1n) is 10.3. The molecule has 0 aliphatic carbocycles. The van der Waals surface area contributed by atoms with E-state index in [-0.39, 0.29) is 17.9 Å². The van der Waals surface area contributed by atoms with Crippen LogP contribution in [0.4, 0.5) is 18.9 Å². The SMILES string of the molecule is C[C@H](Nc1cc(C(=O)Cc2ccc(C(F)(F)F)cc2)nc(-c2ccc3occc3c2)c1)C(N)=O. The van der Waals surface area contributed by atoms with Crippen LogP contribution in [0.1, 0.15) is 28.5 Å². The van der Waals surface area contributed by atoms with Gasteiger partial charge in [0.15, 0.2) is 5.78 Å². The first-order chi connectivity index (χ1) is 16.1. The zero-order chi connectivity index (χ0) is 24.5. The summed E-state index contributed by atoms with van der Waals surface area (Å²) in [6.07, 6.45) is -3.03. The van der Waals surface area contributed by atoms with Gasteiger partial charge >= 0.3 is 6.18 Å². The summed E-state index contributed by atoms with van der Waals surface area (Å²) in [6.45, 7) is 1.59. The lowest BCUT2D eigenvalue weighted by atomic mass is 10.0. The number of nitrogens with zero attached hydrogens (tertiary/aromatic N) is 1. The lowest BCUT2D eigenvalue weighted by molar-refractivity contribution is -0.137. The highest BCUT2D eigenvalue weighted by Gasteiger charge is 2.30. The number of hydrogen-bond donors (Lipinski definition) is 2. The van der Waals surface area contributed by atoms with E-state index in [2.05, 4.69) is 10.3 Å². The molecule has 6 nitrogen and oxygen atoms in total. The second kappa shape index (κ2) is 9.01. The van der Waals surface area contributed by atoms with Crippen molar-refractivity contribution in [3.8, 4) is 11.3 Å². The summed E-state index contributed by atoms with van der Waals surface area (Å²) >= 11 is 0. The number of carbonyl (C=O) groups is 2. The Morgan fingerprint density at radius 3 is 2.47 bits per heavy atom. The fourth-order valence-electron chi connectivity index (χ4n) is 3.44. The molecule has 0 aliphatic rings. The summed E-state index contributed by atoms with van der Waals surface area (Å²) < 4.78 is 43.8. The van der Waals surface area contributed by atoms with Gasteiger partial charge in [-0.3, -0.25) is 9.59 Å². The normalized spacial score (nSPS) is 12.5. The molecule has 1 amide bonds. The van der Waals surface area contributed by atoms with Crippen LogP contribution in [-0.4, -0.2) is 22.7 Å². The molecule has 1 atom stereocenters. The molecule has 0 saturated heterocycles. The van der Waals surface area contributed by atoms with Gasteiger partial charge in [-0.1, -0.05) is 12.1 Å². The van der Waals surface area contributed by atoms with Gasteiger partial charge in [-0.2, -0.15) is 13.2 Å². The average molecular weight is 467 g/mol. The third-order valence-electron chi connectivity index (χ3n) is 5.32. The molecule has 2 aromatic heterocycles. The molecule has 0 aliphatic heterocycles. The molecule has 0 unspecified atom stereocenters. The number of anilines is 1. The molecule has 0 fully saturated rings. The third-order valence-corrected chi connectivity index (χ3v) is 5.32. The Labute approximate surface area is 192 Å². The van der Waals surface area contributed by atoms with Crippen molar-refractivity contribution in [3.05, 3.63) is 83.7 Å². The van der Waals surface area contributed by atoms with Crippen molar-refractivity contribution in [2.24, 2.45) is 5.73 Å². The number of benzene rings is 2. The number of fused-ring (bicyclic) bond motifs is 1. The molecule has 4 aromatic rings. The van der Waals surface area contributed by atoms with Crippen LogP contribution in [0.5, 0.6) is 0 Å². The number of rotatable bonds is 7. The maximum Gasteiger partial charge on any atom is 0.416 e. The van der Waals surface area contributed by atoms with Crippen molar-refractivity contribution in [2.75, 3.05) is 5.32 Å². The van der Waals surface area contributed by atoms with Gasteiger partial charge in [-0.25, -0.2) is 4.98 Å². The van der Waals surface area contributed by atoms with E-state index in [1.165, 1.54) is 18.2 Å².